The predicted molar refractivity (Wildman–Crippen MR) is 119 cm³/mol. The summed E-state index contributed by atoms with van der Waals surface area (Å²) >= 11 is 0. The van der Waals surface area contributed by atoms with Crippen LogP contribution in [0.3, 0.4) is 0 Å². The molecule has 0 saturated carbocycles. The molecule has 0 radical (unpaired) electrons. The SMILES string of the molecule is Cc1ccc(CNC(=O)c2cccc(CNC(=O)C3(CN)CCOCC3)c2)cc1.Cl. The van der Waals surface area contributed by atoms with Gasteiger partial charge in [0.1, 0.15) is 0 Å². The van der Waals surface area contributed by atoms with Crippen LogP contribution in [0.25, 0.3) is 0 Å². The van der Waals surface area contributed by atoms with Gasteiger partial charge in [0.15, 0.2) is 0 Å². The molecule has 6 nitrogen and oxygen atoms in total. The summed E-state index contributed by atoms with van der Waals surface area (Å²) in [7, 11) is 0. The molecular formula is C23H30ClN3O3. The van der Waals surface area contributed by atoms with Crippen molar-refractivity contribution in [2.24, 2.45) is 11.1 Å². The molecule has 0 unspecified atom stereocenters. The summed E-state index contributed by atoms with van der Waals surface area (Å²) in [5.41, 5.74) is 9.02. The summed E-state index contributed by atoms with van der Waals surface area (Å²) in [6.07, 6.45) is 1.27. The fraction of sp³-hybridized carbons (Fsp3) is 0.391. The average Bonchev–Trinajstić information content (AvgIpc) is 2.77. The maximum Gasteiger partial charge on any atom is 0.251 e. The molecule has 2 amide bonds. The van der Waals surface area contributed by atoms with Crippen LogP contribution in [0.15, 0.2) is 48.5 Å². The topological polar surface area (TPSA) is 93.5 Å². The third-order valence-electron chi connectivity index (χ3n) is 5.54. The molecule has 4 N–H and O–H groups in total. The van der Waals surface area contributed by atoms with Crippen LogP contribution in [0.4, 0.5) is 0 Å². The summed E-state index contributed by atoms with van der Waals surface area (Å²) in [6, 6.07) is 15.4. The minimum atomic E-state index is -0.554. The highest BCUT2D eigenvalue weighted by Gasteiger charge is 2.38. The van der Waals surface area contributed by atoms with Crippen molar-refractivity contribution in [1.82, 2.24) is 10.6 Å². The Kier molecular flexibility index (Phi) is 8.84. The van der Waals surface area contributed by atoms with E-state index in [2.05, 4.69) is 10.6 Å². The number of nitrogens with one attached hydrogen (secondary N) is 2. The molecule has 0 bridgehead atoms. The van der Waals surface area contributed by atoms with Crippen LogP contribution in [0.1, 0.15) is 39.9 Å². The van der Waals surface area contributed by atoms with Crippen molar-refractivity contribution >= 4 is 24.2 Å². The Labute approximate surface area is 184 Å². The number of carbonyl (C=O) groups is 2. The zero-order valence-corrected chi connectivity index (χ0v) is 18.1. The first-order valence-electron chi connectivity index (χ1n) is 10.0. The minimum absolute atomic E-state index is 0. The first kappa shape index (κ1) is 23.9. The largest absolute Gasteiger partial charge is 0.381 e. The van der Waals surface area contributed by atoms with Crippen molar-refractivity contribution in [2.75, 3.05) is 19.8 Å². The number of ether oxygens (including phenoxy) is 1. The van der Waals surface area contributed by atoms with Crippen LogP contribution in [0, 0.1) is 12.3 Å². The molecule has 0 aliphatic carbocycles. The van der Waals surface area contributed by atoms with Gasteiger partial charge in [-0.25, -0.2) is 0 Å². The summed E-state index contributed by atoms with van der Waals surface area (Å²) in [5.74, 6) is -0.181. The number of halogens is 1. The first-order chi connectivity index (χ1) is 14.0. The lowest BCUT2D eigenvalue weighted by molar-refractivity contribution is -0.136. The summed E-state index contributed by atoms with van der Waals surface area (Å²) in [6.45, 7) is 4.29. The molecule has 7 heteroatoms. The van der Waals surface area contributed by atoms with Gasteiger partial charge in [0.25, 0.3) is 5.91 Å². The Morgan fingerprint density at radius 2 is 1.67 bits per heavy atom. The number of hydrogen-bond acceptors (Lipinski definition) is 4. The second-order valence-electron chi connectivity index (χ2n) is 7.65. The van der Waals surface area contributed by atoms with Crippen molar-refractivity contribution in [2.45, 2.75) is 32.9 Å². The van der Waals surface area contributed by atoms with E-state index in [0.717, 1.165) is 11.1 Å². The van der Waals surface area contributed by atoms with Gasteiger partial charge in [-0.2, -0.15) is 0 Å². The number of nitrogens with two attached hydrogens (primary N) is 1. The standard InChI is InChI=1S/C23H29N3O3.ClH/c1-17-5-7-18(8-6-17)14-25-21(27)20-4-2-3-19(13-20)15-26-22(28)23(16-24)9-11-29-12-10-23;/h2-8,13H,9-12,14-16,24H2,1H3,(H,25,27)(H,26,28);1H. The number of benzene rings is 2. The van der Waals surface area contributed by atoms with Gasteiger partial charge >= 0.3 is 0 Å². The van der Waals surface area contributed by atoms with Crippen molar-refractivity contribution in [1.29, 1.82) is 0 Å². The van der Waals surface area contributed by atoms with E-state index in [-0.39, 0.29) is 24.2 Å². The predicted octanol–water partition coefficient (Wildman–Crippen LogP) is 2.72. The van der Waals surface area contributed by atoms with Crippen molar-refractivity contribution in [3.8, 4) is 0 Å². The first-order valence-corrected chi connectivity index (χ1v) is 10.0. The van der Waals surface area contributed by atoms with Gasteiger partial charge in [-0.15, -0.1) is 12.4 Å². The number of carbonyl (C=O) groups excluding carboxylic acids is 2. The van der Waals surface area contributed by atoms with Crippen molar-refractivity contribution in [3.05, 3.63) is 70.8 Å². The van der Waals surface area contributed by atoms with E-state index in [4.69, 9.17) is 10.5 Å². The summed E-state index contributed by atoms with van der Waals surface area (Å²) in [5, 5.41) is 5.92. The monoisotopic (exact) mass is 431 g/mol. The molecule has 1 aliphatic heterocycles. The van der Waals surface area contributed by atoms with Crippen molar-refractivity contribution < 1.29 is 14.3 Å². The Morgan fingerprint density at radius 3 is 2.33 bits per heavy atom. The molecule has 0 atom stereocenters. The molecule has 3 rings (SSSR count). The van der Waals surface area contributed by atoms with Crippen LogP contribution in [0.5, 0.6) is 0 Å². The number of hydrogen-bond donors (Lipinski definition) is 3. The molecule has 1 fully saturated rings. The zero-order valence-electron chi connectivity index (χ0n) is 17.3. The van der Waals surface area contributed by atoms with E-state index in [1.807, 2.05) is 49.4 Å². The highest BCUT2D eigenvalue weighted by Crippen LogP contribution is 2.29. The lowest BCUT2D eigenvalue weighted by atomic mass is 9.79. The molecular weight excluding hydrogens is 402 g/mol. The summed E-state index contributed by atoms with van der Waals surface area (Å²) in [4.78, 5) is 25.2. The molecule has 2 aromatic rings. The molecule has 1 heterocycles. The molecule has 2 aromatic carbocycles. The second-order valence-corrected chi connectivity index (χ2v) is 7.65. The lowest BCUT2D eigenvalue weighted by Crippen LogP contribution is -2.48. The fourth-order valence-electron chi connectivity index (χ4n) is 3.47. The Bertz CT molecular complexity index is 849. The highest BCUT2D eigenvalue weighted by atomic mass is 35.5. The van der Waals surface area contributed by atoms with Gasteiger partial charge in [-0.1, -0.05) is 42.0 Å². The van der Waals surface area contributed by atoms with Crippen LogP contribution < -0.4 is 16.4 Å². The Morgan fingerprint density at radius 1 is 1.00 bits per heavy atom. The highest BCUT2D eigenvalue weighted by molar-refractivity contribution is 5.94. The van der Waals surface area contributed by atoms with Crippen molar-refractivity contribution in [3.63, 3.8) is 0 Å². The van der Waals surface area contributed by atoms with Gasteiger partial charge in [-0.3, -0.25) is 9.59 Å². The van der Waals surface area contributed by atoms with Gasteiger partial charge in [0.2, 0.25) is 5.91 Å². The molecule has 0 aromatic heterocycles. The molecule has 1 saturated heterocycles. The van der Waals surface area contributed by atoms with Crippen LogP contribution >= 0.6 is 12.4 Å². The van der Waals surface area contributed by atoms with E-state index in [9.17, 15) is 9.59 Å². The molecule has 162 valence electrons. The van der Waals surface area contributed by atoms with E-state index in [1.165, 1.54) is 5.56 Å². The van der Waals surface area contributed by atoms with Gasteiger partial charge in [0.05, 0.1) is 5.41 Å². The number of aryl methyl sites for hydroxylation is 1. The van der Waals surface area contributed by atoms with E-state index in [1.54, 1.807) is 6.07 Å². The van der Waals surface area contributed by atoms with Crippen LogP contribution in [-0.2, 0) is 22.6 Å². The van der Waals surface area contributed by atoms with E-state index in [0.29, 0.717) is 51.3 Å². The number of amides is 2. The quantitative estimate of drug-likeness (QED) is 0.628. The van der Waals surface area contributed by atoms with E-state index < -0.39 is 5.41 Å². The number of rotatable bonds is 7. The minimum Gasteiger partial charge on any atom is -0.381 e. The fourth-order valence-corrected chi connectivity index (χ4v) is 3.47. The maximum absolute atomic E-state index is 12.7. The van der Waals surface area contributed by atoms with Crippen LogP contribution in [-0.4, -0.2) is 31.6 Å². The maximum atomic E-state index is 12.7. The molecule has 30 heavy (non-hydrogen) atoms. The van der Waals surface area contributed by atoms with E-state index >= 15 is 0 Å². The average molecular weight is 432 g/mol. The van der Waals surface area contributed by atoms with Gasteiger partial charge in [0, 0.05) is 38.4 Å². The Hall–Kier alpha value is -2.41. The third-order valence-corrected chi connectivity index (χ3v) is 5.54. The second kappa shape index (κ2) is 11.1. The van der Waals surface area contributed by atoms with Gasteiger partial charge < -0.3 is 21.1 Å². The normalized spacial score (nSPS) is 15.0. The Balaban J connectivity index is 0.00000320. The molecule has 1 aliphatic rings. The third kappa shape index (κ3) is 6.05. The van der Waals surface area contributed by atoms with Crippen LogP contribution in [0.2, 0.25) is 0 Å². The summed E-state index contributed by atoms with van der Waals surface area (Å²) < 4.78 is 5.36. The van der Waals surface area contributed by atoms with Gasteiger partial charge in [-0.05, 0) is 43.0 Å². The lowest BCUT2D eigenvalue weighted by Gasteiger charge is -2.34. The smallest absolute Gasteiger partial charge is 0.251 e. The zero-order chi connectivity index (χ0) is 20.7. The molecule has 0 spiro atoms.